The highest BCUT2D eigenvalue weighted by atomic mass is 15.3. The second-order valence-electron chi connectivity index (χ2n) is 6.24. The Kier molecular flexibility index (Phi) is 6.02. The minimum Gasteiger partial charge on any atom is -0.372 e. The fourth-order valence-corrected chi connectivity index (χ4v) is 2.94. The highest BCUT2D eigenvalue weighted by Crippen LogP contribution is 2.25. The summed E-state index contributed by atoms with van der Waals surface area (Å²) >= 11 is 0. The number of nitrogens with one attached hydrogen (secondary N) is 2. The molecule has 1 aromatic heterocycles. The number of para-hydroxylation sites is 1. The summed E-state index contributed by atoms with van der Waals surface area (Å²) in [6.07, 6.45) is 1.57. The largest absolute Gasteiger partial charge is 0.372 e. The maximum absolute atomic E-state index is 9.21. The van der Waals surface area contributed by atoms with Crippen LogP contribution in [0.25, 0.3) is 0 Å². The molecule has 0 amide bonds. The van der Waals surface area contributed by atoms with E-state index in [4.69, 9.17) is 0 Å². The first-order chi connectivity index (χ1) is 13.6. The van der Waals surface area contributed by atoms with Gasteiger partial charge in [0.05, 0.1) is 17.4 Å². The second kappa shape index (κ2) is 8.82. The molecule has 0 aliphatic carbocycles. The molecule has 0 aliphatic heterocycles. The number of hydrogen-bond donors (Lipinski definition) is 2. The molecule has 0 unspecified atom stereocenters. The third kappa shape index (κ3) is 4.35. The van der Waals surface area contributed by atoms with E-state index < -0.39 is 0 Å². The molecule has 3 rings (SSSR count). The lowest BCUT2D eigenvalue weighted by atomic mass is 10.1. The third-order valence-electron chi connectivity index (χ3n) is 4.45. The summed E-state index contributed by atoms with van der Waals surface area (Å²) in [4.78, 5) is 6.76. The van der Waals surface area contributed by atoms with Gasteiger partial charge in [0, 0.05) is 24.5 Å². The van der Waals surface area contributed by atoms with Crippen molar-refractivity contribution in [2.24, 2.45) is 0 Å². The summed E-state index contributed by atoms with van der Waals surface area (Å²) < 4.78 is 0. The number of aryl methyl sites for hydroxylation is 1. The molecule has 0 atom stereocenters. The van der Waals surface area contributed by atoms with Crippen LogP contribution in [0, 0.1) is 18.3 Å². The van der Waals surface area contributed by atoms with E-state index in [-0.39, 0.29) is 0 Å². The van der Waals surface area contributed by atoms with Crippen molar-refractivity contribution in [3.8, 4) is 6.07 Å². The Morgan fingerprint density at radius 3 is 2.54 bits per heavy atom. The minimum absolute atomic E-state index is 0.324. The SMILES string of the molecule is CCN(CC)c1ccc(Nc2cnnc(Nc3ccccc3C#N)n2)c(C)c1. The standard InChI is InChI=1S/C21H23N7/c1-4-28(5-2)17-10-11-18(15(3)12-17)24-20-14-23-27-21(26-20)25-19-9-7-6-8-16(19)13-22/h6-12,14H,4-5H2,1-3H3,(H2,24,25,26,27). The molecule has 28 heavy (non-hydrogen) atoms. The second-order valence-corrected chi connectivity index (χ2v) is 6.24. The van der Waals surface area contributed by atoms with Gasteiger partial charge in [-0.05, 0) is 56.7 Å². The van der Waals surface area contributed by atoms with Crippen LogP contribution in [0.3, 0.4) is 0 Å². The fraction of sp³-hybridized carbons (Fsp3) is 0.238. The fourth-order valence-electron chi connectivity index (χ4n) is 2.94. The molecule has 142 valence electrons. The van der Waals surface area contributed by atoms with E-state index >= 15 is 0 Å². The molecule has 1 heterocycles. The van der Waals surface area contributed by atoms with Crippen molar-refractivity contribution in [3.63, 3.8) is 0 Å². The molecular weight excluding hydrogens is 350 g/mol. The Morgan fingerprint density at radius 1 is 1.04 bits per heavy atom. The molecule has 0 saturated carbocycles. The molecule has 7 nitrogen and oxygen atoms in total. The summed E-state index contributed by atoms with van der Waals surface area (Å²) in [5.74, 6) is 0.899. The van der Waals surface area contributed by atoms with Crippen LogP contribution in [0.1, 0.15) is 25.0 Å². The summed E-state index contributed by atoms with van der Waals surface area (Å²) in [6.45, 7) is 8.30. The normalized spacial score (nSPS) is 10.2. The van der Waals surface area contributed by atoms with E-state index in [1.54, 1.807) is 18.3 Å². The Bertz CT molecular complexity index is 990. The number of nitriles is 1. The lowest BCUT2D eigenvalue weighted by Gasteiger charge is -2.22. The van der Waals surface area contributed by atoms with Gasteiger partial charge in [0.25, 0.3) is 0 Å². The summed E-state index contributed by atoms with van der Waals surface area (Å²) in [7, 11) is 0. The van der Waals surface area contributed by atoms with Crippen LogP contribution in [0.2, 0.25) is 0 Å². The van der Waals surface area contributed by atoms with Gasteiger partial charge in [-0.15, -0.1) is 5.10 Å². The number of aromatic nitrogens is 3. The average molecular weight is 373 g/mol. The van der Waals surface area contributed by atoms with Crippen molar-refractivity contribution in [3.05, 3.63) is 59.8 Å². The summed E-state index contributed by atoms with van der Waals surface area (Å²) in [5.41, 5.74) is 4.44. The van der Waals surface area contributed by atoms with Gasteiger partial charge < -0.3 is 15.5 Å². The van der Waals surface area contributed by atoms with Crippen molar-refractivity contribution < 1.29 is 0 Å². The third-order valence-corrected chi connectivity index (χ3v) is 4.45. The summed E-state index contributed by atoms with van der Waals surface area (Å²) in [5, 5.41) is 23.6. The van der Waals surface area contributed by atoms with E-state index in [2.05, 4.69) is 69.7 Å². The highest BCUT2D eigenvalue weighted by Gasteiger charge is 2.08. The maximum Gasteiger partial charge on any atom is 0.249 e. The summed E-state index contributed by atoms with van der Waals surface area (Å²) in [6, 6.07) is 15.6. The van der Waals surface area contributed by atoms with Crippen LogP contribution in [-0.2, 0) is 0 Å². The molecule has 7 heteroatoms. The van der Waals surface area contributed by atoms with Crippen molar-refractivity contribution >= 4 is 28.8 Å². The van der Waals surface area contributed by atoms with Crippen LogP contribution in [-0.4, -0.2) is 28.3 Å². The molecule has 2 aromatic carbocycles. The first-order valence-corrected chi connectivity index (χ1v) is 9.23. The number of benzene rings is 2. The predicted octanol–water partition coefficient (Wildman–Crippen LogP) is 4.39. The van der Waals surface area contributed by atoms with Crippen LogP contribution >= 0.6 is 0 Å². The van der Waals surface area contributed by atoms with Gasteiger partial charge >= 0.3 is 0 Å². The zero-order valence-electron chi connectivity index (χ0n) is 16.3. The number of nitrogens with zero attached hydrogens (tertiary/aromatic N) is 5. The molecule has 2 N–H and O–H groups in total. The smallest absolute Gasteiger partial charge is 0.249 e. The predicted molar refractivity (Wildman–Crippen MR) is 112 cm³/mol. The van der Waals surface area contributed by atoms with Crippen molar-refractivity contribution in [2.45, 2.75) is 20.8 Å². The molecule has 0 radical (unpaired) electrons. The van der Waals surface area contributed by atoms with Crippen molar-refractivity contribution in [1.29, 1.82) is 5.26 Å². The van der Waals surface area contributed by atoms with Crippen LogP contribution in [0.15, 0.2) is 48.7 Å². The topological polar surface area (TPSA) is 89.8 Å². The molecule has 0 bridgehead atoms. The molecular formula is C21H23N7. The molecule has 0 saturated heterocycles. The van der Waals surface area contributed by atoms with E-state index in [9.17, 15) is 5.26 Å². The number of rotatable bonds is 7. The Balaban J connectivity index is 1.79. The van der Waals surface area contributed by atoms with E-state index in [1.165, 1.54) is 5.69 Å². The van der Waals surface area contributed by atoms with Gasteiger partial charge in [0.15, 0.2) is 5.82 Å². The van der Waals surface area contributed by atoms with Gasteiger partial charge in [0.2, 0.25) is 5.95 Å². The maximum atomic E-state index is 9.21. The quantitative estimate of drug-likeness (QED) is 0.635. The van der Waals surface area contributed by atoms with Gasteiger partial charge in [-0.25, -0.2) is 0 Å². The highest BCUT2D eigenvalue weighted by molar-refractivity contribution is 5.67. The van der Waals surface area contributed by atoms with Gasteiger partial charge in [-0.3, -0.25) is 0 Å². The zero-order chi connectivity index (χ0) is 19.9. The number of anilines is 5. The first kappa shape index (κ1) is 19.1. The molecule has 0 spiro atoms. The Morgan fingerprint density at radius 2 is 1.82 bits per heavy atom. The monoisotopic (exact) mass is 373 g/mol. The van der Waals surface area contributed by atoms with Crippen LogP contribution < -0.4 is 15.5 Å². The van der Waals surface area contributed by atoms with Crippen molar-refractivity contribution in [1.82, 2.24) is 15.2 Å². The molecule has 0 aliphatic rings. The average Bonchev–Trinajstić information content (AvgIpc) is 2.71. The lowest BCUT2D eigenvalue weighted by Crippen LogP contribution is -2.21. The van der Waals surface area contributed by atoms with Crippen molar-refractivity contribution in [2.75, 3.05) is 28.6 Å². The molecule has 0 fully saturated rings. The van der Waals surface area contributed by atoms with E-state index in [1.807, 2.05) is 18.2 Å². The Labute approximate surface area is 165 Å². The minimum atomic E-state index is 0.324. The van der Waals surface area contributed by atoms with Crippen LogP contribution in [0.4, 0.5) is 28.8 Å². The lowest BCUT2D eigenvalue weighted by molar-refractivity contribution is 0.866. The zero-order valence-corrected chi connectivity index (χ0v) is 16.3. The molecule has 3 aromatic rings. The van der Waals surface area contributed by atoms with Gasteiger partial charge in [0.1, 0.15) is 6.07 Å². The van der Waals surface area contributed by atoms with E-state index in [0.29, 0.717) is 23.0 Å². The van der Waals surface area contributed by atoms with Gasteiger partial charge in [-0.1, -0.05) is 12.1 Å². The number of hydrogen-bond acceptors (Lipinski definition) is 7. The first-order valence-electron chi connectivity index (χ1n) is 9.23. The van der Waals surface area contributed by atoms with Gasteiger partial charge in [-0.2, -0.15) is 15.3 Å². The van der Waals surface area contributed by atoms with Crippen LogP contribution in [0.5, 0.6) is 0 Å². The van der Waals surface area contributed by atoms with E-state index in [0.717, 1.165) is 24.3 Å². The Hall–Kier alpha value is -3.66.